The van der Waals surface area contributed by atoms with E-state index in [2.05, 4.69) is 43.1 Å². The van der Waals surface area contributed by atoms with Gasteiger partial charge in [0.2, 0.25) is 0 Å². The molecule has 1 aromatic carbocycles. The van der Waals surface area contributed by atoms with Crippen LogP contribution in [0.5, 0.6) is 0 Å². The minimum absolute atomic E-state index is 0.161. The van der Waals surface area contributed by atoms with Crippen LogP contribution in [0, 0.1) is 0 Å². The van der Waals surface area contributed by atoms with Crippen LogP contribution in [0.3, 0.4) is 0 Å². The molecule has 1 heterocycles. The van der Waals surface area contributed by atoms with E-state index in [0.29, 0.717) is 0 Å². The number of aromatic amines is 1. The Kier molecular flexibility index (Phi) is 2.53. The molecule has 0 radical (unpaired) electrons. The van der Waals surface area contributed by atoms with E-state index < -0.39 is 0 Å². The minimum atomic E-state index is 0.161. The van der Waals surface area contributed by atoms with E-state index in [0.717, 1.165) is 13.0 Å². The third-order valence-corrected chi connectivity index (χ3v) is 3.11. The van der Waals surface area contributed by atoms with Crippen molar-refractivity contribution in [2.75, 3.05) is 6.54 Å². The van der Waals surface area contributed by atoms with Crippen molar-refractivity contribution in [3.05, 3.63) is 36.0 Å². The maximum absolute atomic E-state index is 5.64. The Labute approximate surface area is 90.5 Å². The van der Waals surface area contributed by atoms with Crippen molar-refractivity contribution in [3.8, 4) is 0 Å². The van der Waals surface area contributed by atoms with Gasteiger partial charge in [-0.2, -0.15) is 0 Å². The number of nitrogens with one attached hydrogen (secondary N) is 1. The third-order valence-electron chi connectivity index (χ3n) is 3.11. The number of hydrogen-bond donors (Lipinski definition) is 2. The molecule has 2 aromatic rings. The van der Waals surface area contributed by atoms with Gasteiger partial charge in [-0.25, -0.2) is 0 Å². The second-order valence-corrected chi connectivity index (χ2v) is 4.70. The zero-order valence-corrected chi connectivity index (χ0v) is 9.38. The van der Waals surface area contributed by atoms with Crippen LogP contribution in [0.25, 0.3) is 10.9 Å². The normalized spacial score (nSPS) is 12.2. The zero-order valence-electron chi connectivity index (χ0n) is 9.38. The number of benzene rings is 1. The van der Waals surface area contributed by atoms with Gasteiger partial charge in [0.15, 0.2) is 0 Å². The standard InChI is InChI=1S/C13H18N2/c1-13(2,6-7-14)11-4-3-10-5-8-15-12(10)9-11/h3-5,8-9,15H,6-7,14H2,1-2H3. The smallest absolute Gasteiger partial charge is 0.0456 e. The molecule has 0 aliphatic rings. The number of fused-ring (bicyclic) bond motifs is 1. The van der Waals surface area contributed by atoms with E-state index >= 15 is 0 Å². The van der Waals surface area contributed by atoms with E-state index in [1.54, 1.807) is 0 Å². The molecule has 0 aliphatic heterocycles. The maximum atomic E-state index is 5.64. The van der Waals surface area contributed by atoms with Crippen LogP contribution in [0.2, 0.25) is 0 Å². The molecule has 0 fully saturated rings. The molecule has 2 rings (SSSR count). The van der Waals surface area contributed by atoms with E-state index in [4.69, 9.17) is 5.73 Å². The molecule has 0 saturated carbocycles. The molecule has 0 amide bonds. The predicted molar refractivity (Wildman–Crippen MR) is 65.0 cm³/mol. The molecule has 2 heteroatoms. The first-order valence-electron chi connectivity index (χ1n) is 5.41. The summed E-state index contributed by atoms with van der Waals surface area (Å²) in [5.41, 5.74) is 8.35. The summed E-state index contributed by atoms with van der Waals surface area (Å²) in [6, 6.07) is 8.69. The third kappa shape index (κ3) is 1.90. The fourth-order valence-electron chi connectivity index (χ4n) is 1.97. The molecule has 0 unspecified atom stereocenters. The van der Waals surface area contributed by atoms with Crippen LogP contribution in [-0.2, 0) is 5.41 Å². The van der Waals surface area contributed by atoms with Crippen molar-refractivity contribution in [3.63, 3.8) is 0 Å². The highest BCUT2D eigenvalue weighted by Crippen LogP contribution is 2.28. The average molecular weight is 202 g/mol. The van der Waals surface area contributed by atoms with E-state index in [-0.39, 0.29) is 5.41 Å². The van der Waals surface area contributed by atoms with Crippen LogP contribution >= 0.6 is 0 Å². The Hall–Kier alpha value is -1.28. The van der Waals surface area contributed by atoms with Gasteiger partial charge in [0.05, 0.1) is 0 Å². The Bertz CT molecular complexity index is 454. The Balaban J connectivity index is 2.42. The van der Waals surface area contributed by atoms with Crippen molar-refractivity contribution >= 4 is 10.9 Å². The summed E-state index contributed by atoms with van der Waals surface area (Å²) in [5, 5.41) is 1.27. The molecule has 2 nitrogen and oxygen atoms in total. The lowest BCUT2D eigenvalue weighted by Crippen LogP contribution is -2.21. The first kappa shape index (κ1) is 10.2. The largest absolute Gasteiger partial charge is 0.361 e. The Morgan fingerprint density at radius 2 is 2.07 bits per heavy atom. The topological polar surface area (TPSA) is 41.8 Å². The van der Waals surface area contributed by atoms with Crippen molar-refractivity contribution in [1.29, 1.82) is 0 Å². The first-order valence-corrected chi connectivity index (χ1v) is 5.41. The second-order valence-electron chi connectivity index (χ2n) is 4.70. The molecule has 1 aromatic heterocycles. The van der Waals surface area contributed by atoms with E-state index in [1.807, 2.05) is 6.20 Å². The summed E-state index contributed by atoms with van der Waals surface area (Å²) in [6.07, 6.45) is 2.99. The minimum Gasteiger partial charge on any atom is -0.361 e. The number of nitrogens with two attached hydrogens (primary N) is 1. The van der Waals surface area contributed by atoms with Crippen molar-refractivity contribution in [1.82, 2.24) is 4.98 Å². The van der Waals surface area contributed by atoms with E-state index in [9.17, 15) is 0 Å². The second kappa shape index (κ2) is 3.70. The molecule has 0 spiro atoms. The molecular formula is C13H18N2. The van der Waals surface area contributed by atoms with Gasteiger partial charge in [-0.15, -0.1) is 0 Å². The summed E-state index contributed by atoms with van der Waals surface area (Å²) >= 11 is 0. The lowest BCUT2D eigenvalue weighted by Gasteiger charge is -2.24. The predicted octanol–water partition coefficient (Wildman–Crippen LogP) is 2.79. The number of rotatable bonds is 3. The van der Waals surface area contributed by atoms with Gasteiger partial charge in [0.1, 0.15) is 0 Å². The molecule has 0 bridgehead atoms. The summed E-state index contributed by atoms with van der Waals surface area (Å²) in [6.45, 7) is 5.21. The molecule has 15 heavy (non-hydrogen) atoms. The highest BCUT2D eigenvalue weighted by molar-refractivity contribution is 5.80. The highest BCUT2D eigenvalue weighted by atomic mass is 14.7. The van der Waals surface area contributed by atoms with Gasteiger partial charge in [0, 0.05) is 11.7 Å². The zero-order chi connectivity index (χ0) is 10.9. The van der Waals surface area contributed by atoms with Crippen molar-refractivity contribution < 1.29 is 0 Å². The summed E-state index contributed by atoms with van der Waals surface area (Å²) in [7, 11) is 0. The Morgan fingerprint density at radius 1 is 1.27 bits per heavy atom. The van der Waals surface area contributed by atoms with Crippen LogP contribution in [0.15, 0.2) is 30.5 Å². The molecule has 0 aliphatic carbocycles. The summed E-state index contributed by atoms with van der Waals surface area (Å²) < 4.78 is 0. The van der Waals surface area contributed by atoms with Crippen molar-refractivity contribution in [2.24, 2.45) is 5.73 Å². The number of H-pyrrole nitrogens is 1. The van der Waals surface area contributed by atoms with Gasteiger partial charge < -0.3 is 10.7 Å². The number of hydrogen-bond acceptors (Lipinski definition) is 1. The lowest BCUT2D eigenvalue weighted by atomic mass is 9.81. The molecule has 80 valence electrons. The maximum Gasteiger partial charge on any atom is 0.0456 e. The van der Waals surface area contributed by atoms with Crippen LogP contribution in [0.4, 0.5) is 0 Å². The molecule has 0 saturated heterocycles. The monoisotopic (exact) mass is 202 g/mol. The van der Waals surface area contributed by atoms with Crippen LogP contribution in [0.1, 0.15) is 25.8 Å². The quantitative estimate of drug-likeness (QED) is 0.789. The van der Waals surface area contributed by atoms with Crippen LogP contribution in [-0.4, -0.2) is 11.5 Å². The average Bonchev–Trinajstić information content (AvgIpc) is 2.63. The molecule has 3 N–H and O–H groups in total. The van der Waals surface area contributed by atoms with E-state index in [1.165, 1.54) is 16.5 Å². The van der Waals surface area contributed by atoms with Gasteiger partial charge >= 0.3 is 0 Å². The number of aromatic nitrogens is 1. The molecule has 0 atom stereocenters. The fraction of sp³-hybridized carbons (Fsp3) is 0.385. The SMILES string of the molecule is CC(C)(CCN)c1ccc2cc[nH]c2c1. The van der Waals surface area contributed by atoms with Gasteiger partial charge in [-0.05, 0) is 41.5 Å². The van der Waals surface area contributed by atoms with Gasteiger partial charge in [0.25, 0.3) is 0 Å². The van der Waals surface area contributed by atoms with Gasteiger partial charge in [-0.1, -0.05) is 26.0 Å². The molecular weight excluding hydrogens is 184 g/mol. The Morgan fingerprint density at radius 3 is 2.80 bits per heavy atom. The van der Waals surface area contributed by atoms with Crippen molar-refractivity contribution in [2.45, 2.75) is 25.7 Å². The summed E-state index contributed by atoms with van der Waals surface area (Å²) in [4.78, 5) is 3.24. The lowest BCUT2D eigenvalue weighted by molar-refractivity contribution is 0.488. The van der Waals surface area contributed by atoms with Crippen LogP contribution < -0.4 is 5.73 Å². The van der Waals surface area contributed by atoms with Gasteiger partial charge in [-0.3, -0.25) is 0 Å². The summed E-state index contributed by atoms with van der Waals surface area (Å²) in [5.74, 6) is 0. The fourth-order valence-corrected chi connectivity index (χ4v) is 1.97. The highest BCUT2D eigenvalue weighted by Gasteiger charge is 2.19. The first-order chi connectivity index (χ1) is 7.13.